The SMILES string of the molecule is CC(C)[C@@H]1CC[C@@H](C)C[C@H]1OP1(=O)Oc2ccc3ccccc3c2-c2c(ccc3ccccc23)O1. The monoisotopic (exact) mass is 486 g/mol. The number of hydrogen-bond donors (Lipinski definition) is 0. The number of phosphoric acid groups is 1. The lowest BCUT2D eigenvalue weighted by atomic mass is 9.75. The molecule has 1 fully saturated rings. The van der Waals surface area contributed by atoms with E-state index in [1.54, 1.807) is 0 Å². The number of hydrogen-bond acceptors (Lipinski definition) is 4. The second kappa shape index (κ2) is 8.69. The summed E-state index contributed by atoms with van der Waals surface area (Å²) < 4.78 is 33.2. The largest absolute Gasteiger partial charge is 0.587 e. The van der Waals surface area contributed by atoms with E-state index in [-0.39, 0.29) is 6.10 Å². The van der Waals surface area contributed by atoms with Crippen LogP contribution in [-0.4, -0.2) is 6.10 Å². The van der Waals surface area contributed by atoms with Crippen molar-refractivity contribution in [3.63, 3.8) is 0 Å². The minimum atomic E-state index is -3.95. The molecule has 1 aliphatic carbocycles. The fourth-order valence-electron chi connectivity index (χ4n) is 5.88. The molecule has 1 aliphatic heterocycles. The van der Waals surface area contributed by atoms with Crippen molar-refractivity contribution < 1.29 is 18.1 Å². The summed E-state index contributed by atoms with van der Waals surface area (Å²) in [6.45, 7) is 6.66. The summed E-state index contributed by atoms with van der Waals surface area (Å²) >= 11 is 0. The zero-order valence-corrected chi connectivity index (χ0v) is 21.3. The highest BCUT2D eigenvalue weighted by molar-refractivity contribution is 7.49. The quantitative estimate of drug-likeness (QED) is 0.271. The van der Waals surface area contributed by atoms with Gasteiger partial charge in [-0.05, 0) is 64.3 Å². The van der Waals surface area contributed by atoms with Gasteiger partial charge in [-0.25, -0.2) is 4.57 Å². The molecule has 0 saturated heterocycles. The average molecular weight is 487 g/mol. The highest BCUT2D eigenvalue weighted by atomic mass is 31.2. The normalized spacial score (nSPS) is 23.3. The van der Waals surface area contributed by atoms with Gasteiger partial charge in [-0.3, -0.25) is 4.52 Å². The van der Waals surface area contributed by atoms with Gasteiger partial charge in [-0.1, -0.05) is 87.9 Å². The summed E-state index contributed by atoms with van der Waals surface area (Å²) in [6, 6.07) is 24.2. The van der Waals surface area contributed by atoms with Gasteiger partial charge in [0.25, 0.3) is 0 Å². The van der Waals surface area contributed by atoms with E-state index in [0.717, 1.165) is 45.5 Å². The van der Waals surface area contributed by atoms with Gasteiger partial charge in [0, 0.05) is 11.1 Å². The van der Waals surface area contributed by atoms with Crippen LogP contribution in [0.4, 0.5) is 0 Å². The molecular weight excluding hydrogens is 455 g/mol. The minimum Gasteiger partial charge on any atom is -0.394 e. The summed E-state index contributed by atoms with van der Waals surface area (Å²) in [5.41, 5.74) is 1.79. The topological polar surface area (TPSA) is 44.8 Å². The van der Waals surface area contributed by atoms with E-state index >= 15 is 0 Å². The molecule has 0 amide bonds. The van der Waals surface area contributed by atoms with Crippen LogP contribution >= 0.6 is 7.82 Å². The van der Waals surface area contributed by atoms with Crippen molar-refractivity contribution in [2.24, 2.45) is 17.8 Å². The molecule has 35 heavy (non-hydrogen) atoms. The van der Waals surface area contributed by atoms with Crippen molar-refractivity contribution >= 4 is 29.4 Å². The third-order valence-electron chi connectivity index (χ3n) is 7.68. The second-order valence-corrected chi connectivity index (χ2v) is 11.9. The smallest absolute Gasteiger partial charge is 0.394 e. The van der Waals surface area contributed by atoms with Crippen LogP contribution in [0, 0.1) is 17.8 Å². The molecule has 0 bridgehead atoms. The molecule has 0 radical (unpaired) electrons. The lowest BCUT2D eigenvalue weighted by molar-refractivity contribution is 0.0272. The Bertz CT molecular complexity index is 1370. The van der Waals surface area contributed by atoms with E-state index in [1.165, 1.54) is 6.42 Å². The molecule has 1 heterocycles. The number of benzene rings is 4. The summed E-state index contributed by atoms with van der Waals surface area (Å²) in [7, 11) is -3.95. The lowest BCUT2D eigenvalue weighted by Gasteiger charge is -2.37. The van der Waals surface area contributed by atoms with E-state index in [0.29, 0.717) is 29.3 Å². The van der Waals surface area contributed by atoms with Crippen molar-refractivity contribution in [1.82, 2.24) is 0 Å². The molecule has 4 nitrogen and oxygen atoms in total. The first-order valence-corrected chi connectivity index (χ1v) is 14.1. The maximum absolute atomic E-state index is 14.3. The second-order valence-electron chi connectivity index (χ2n) is 10.4. The Morgan fingerprint density at radius 3 is 1.89 bits per heavy atom. The van der Waals surface area contributed by atoms with Crippen molar-refractivity contribution in [3.05, 3.63) is 72.8 Å². The number of phosphoric ester groups is 1. The maximum Gasteiger partial charge on any atom is 0.587 e. The van der Waals surface area contributed by atoms with Crippen LogP contribution < -0.4 is 9.05 Å². The Labute approximate surface area is 206 Å². The summed E-state index contributed by atoms with van der Waals surface area (Å²) in [6.07, 6.45) is 2.91. The van der Waals surface area contributed by atoms with Crippen molar-refractivity contribution in [3.8, 4) is 22.6 Å². The van der Waals surface area contributed by atoms with Gasteiger partial charge >= 0.3 is 7.82 Å². The molecule has 6 rings (SSSR count). The fourth-order valence-corrected chi connectivity index (χ4v) is 7.36. The van der Waals surface area contributed by atoms with Crippen LogP contribution in [0.5, 0.6) is 11.5 Å². The fraction of sp³-hybridized carbons (Fsp3) is 0.333. The van der Waals surface area contributed by atoms with Gasteiger partial charge in [0.15, 0.2) is 0 Å². The van der Waals surface area contributed by atoms with Gasteiger partial charge in [0.1, 0.15) is 11.5 Å². The van der Waals surface area contributed by atoms with Gasteiger partial charge in [-0.2, -0.15) is 0 Å². The van der Waals surface area contributed by atoms with Gasteiger partial charge in [0.2, 0.25) is 0 Å². The molecule has 3 atom stereocenters. The van der Waals surface area contributed by atoms with Crippen molar-refractivity contribution in [2.75, 3.05) is 0 Å². The maximum atomic E-state index is 14.3. The number of fused-ring (bicyclic) bond motifs is 7. The van der Waals surface area contributed by atoms with E-state index in [2.05, 4.69) is 45.0 Å². The van der Waals surface area contributed by atoms with Crippen LogP contribution in [0.1, 0.15) is 40.0 Å². The molecule has 0 aromatic heterocycles. The molecule has 4 aromatic carbocycles. The highest BCUT2D eigenvalue weighted by Crippen LogP contribution is 2.60. The average Bonchev–Trinajstić information content (AvgIpc) is 2.97. The van der Waals surface area contributed by atoms with Gasteiger partial charge in [0.05, 0.1) is 6.10 Å². The first-order chi connectivity index (χ1) is 16.9. The third-order valence-corrected chi connectivity index (χ3v) is 9.05. The summed E-state index contributed by atoms with van der Waals surface area (Å²) in [4.78, 5) is 0. The highest BCUT2D eigenvalue weighted by Gasteiger charge is 2.43. The molecule has 0 unspecified atom stereocenters. The Hall–Kier alpha value is -2.81. The Morgan fingerprint density at radius 1 is 0.800 bits per heavy atom. The van der Waals surface area contributed by atoms with Crippen LogP contribution in [0.25, 0.3) is 32.7 Å². The Morgan fingerprint density at radius 2 is 1.34 bits per heavy atom. The Kier molecular flexibility index (Phi) is 5.62. The van der Waals surface area contributed by atoms with E-state index in [4.69, 9.17) is 13.6 Å². The number of rotatable bonds is 3. The van der Waals surface area contributed by atoms with Crippen LogP contribution in [0.3, 0.4) is 0 Å². The molecule has 180 valence electrons. The molecule has 0 N–H and O–H groups in total. The van der Waals surface area contributed by atoms with E-state index in [9.17, 15) is 4.57 Å². The molecule has 4 aromatic rings. The zero-order chi connectivity index (χ0) is 24.2. The van der Waals surface area contributed by atoms with Crippen molar-refractivity contribution in [1.29, 1.82) is 0 Å². The molecule has 2 aliphatic rings. The molecule has 5 heteroatoms. The van der Waals surface area contributed by atoms with Crippen molar-refractivity contribution in [2.45, 2.75) is 46.1 Å². The Balaban J connectivity index is 1.54. The van der Waals surface area contributed by atoms with Crippen LogP contribution in [-0.2, 0) is 9.09 Å². The van der Waals surface area contributed by atoms with Crippen LogP contribution in [0.15, 0.2) is 72.8 Å². The van der Waals surface area contributed by atoms with E-state index < -0.39 is 7.82 Å². The van der Waals surface area contributed by atoms with Crippen LogP contribution in [0.2, 0.25) is 0 Å². The zero-order valence-electron chi connectivity index (χ0n) is 20.4. The first-order valence-electron chi connectivity index (χ1n) is 12.6. The molecular formula is C30H31O4P. The molecule has 0 spiro atoms. The minimum absolute atomic E-state index is 0.171. The standard InChI is InChI=1S/C30H31O4P/c1-19(2)23-15-12-20(3)18-28(23)34-35(31)32-26-16-13-21-8-4-6-10-24(21)29(26)30-25-11-7-5-9-22(25)14-17-27(30)33-35/h4-11,13-14,16-17,19-20,23,28H,12,15,18H2,1-3H3/t20-,23+,28-/m1/s1. The van der Waals surface area contributed by atoms with E-state index in [1.807, 2.05) is 48.5 Å². The predicted molar refractivity (Wildman–Crippen MR) is 142 cm³/mol. The van der Waals surface area contributed by atoms with Gasteiger partial charge in [-0.15, -0.1) is 0 Å². The lowest BCUT2D eigenvalue weighted by Crippen LogP contribution is -2.34. The molecule has 1 saturated carbocycles. The summed E-state index contributed by atoms with van der Waals surface area (Å²) in [5, 5.41) is 4.25. The van der Waals surface area contributed by atoms with Gasteiger partial charge < -0.3 is 9.05 Å². The predicted octanol–water partition coefficient (Wildman–Crippen LogP) is 9.02. The third kappa shape index (κ3) is 4.03. The first kappa shape index (κ1) is 22.6. The summed E-state index contributed by atoms with van der Waals surface area (Å²) in [5.74, 6) is 2.33.